The van der Waals surface area contributed by atoms with E-state index in [1.807, 2.05) is 57.2 Å². The lowest BCUT2D eigenvalue weighted by Crippen LogP contribution is -2.27. The molecule has 2 N–H and O–H groups in total. The fraction of sp³-hybridized carbons (Fsp3) is 0.524. The summed E-state index contributed by atoms with van der Waals surface area (Å²) in [5, 5.41) is 17.5. The van der Waals surface area contributed by atoms with Gasteiger partial charge in [-0.3, -0.25) is 13.8 Å². The number of hydrogen-bond donors (Lipinski definition) is 2. The molecule has 0 saturated heterocycles. The Morgan fingerprint density at radius 3 is 1.67 bits per heavy atom. The number of oxazole rings is 2. The third-order valence-electron chi connectivity index (χ3n) is 10.0. The first-order chi connectivity index (χ1) is 26.4. The molecule has 0 spiro atoms. The van der Waals surface area contributed by atoms with Gasteiger partial charge in [0.05, 0.1) is 31.2 Å². The van der Waals surface area contributed by atoms with E-state index in [0.29, 0.717) is 36.7 Å². The molecule has 298 valence electrons. The SMILES string of the molecule is Cc1ccc(-c2nc(COC3CCCC(CS(=O)CC(=O)O)C3)c(C)o2)cc1.Cc1ccc(-c2nc(COC3CCCC(CSCC(=O)O)C3)c(C)o2)cc1. The van der Waals surface area contributed by atoms with Crippen molar-refractivity contribution < 1.29 is 42.3 Å². The Balaban J connectivity index is 0.000000211. The molecule has 2 aromatic carbocycles. The zero-order valence-corrected chi connectivity index (χ0v) is 33.9. The minimum atomic E-state index is -1.31. The van der Waals surface area contributed by atoms with Crippen molar-refractivity contribution in [3.63, 3.8) is 0 Å². The maximum atomic E-state index is 11.9. The molecule has 6 rings (SSSR count). The summed E-state index contributed by atoms with van der Waals surface area (Å²) in [7, 11) is -1.31. The van der Waals surface area contributed by atoms with Gasteiger partial charge in [-0.2, -0.15) is 0 Å². The highest BCUT2D eigenvalue weighted by molar-refractivity contribution is 7.99. The highest BCUT2D eigenvalue weighted by atomic mass is 32.2. The Labute approximate surface area is 330 Å². The minimum absolute atomic E-state index is 0.0829. The highest BCUT2D eigenvalue weighted by Crippen LogP contribution is 2.31. The first-order valence-electron chi connectivity index (χ1n) is 19.1. The molecule has 2 aliphatic carbocycles. The molecule has 0 aliphatic heterocycles. The smallest absolute Gasteiger partial charge is 0.316 e. The summed E-state index contributed by atoms with van der Waals surface area (Å²) in [6, 6.07) is 16.2. The Kier molecular flexibility index (Phi) is 16.1. The topological polar surface area (TPSA) is 162 Å². The van der Waals surface area contributed by atoms with Crippen LogP contribution in [0, 0.1) is 39.5 Å². The van der Waals surface area contributed by atoms with E-state index in [-0.39, 0.29) is 29.6 Å². The molecule has 5 unspecified atom stereocenters. The van der Waals surface area contributed by atoms with E-state index in [1.54, 1.807) is 0 Å². The summed E-state index contributed by atoms with van der Waals surface area (Å²) in [6.07, 6.45) is 8.40. The van der Waals surface area contributed by atoms with E-state index in [0.717, 1.165) is 91.2 Å². The molecule has 11 nitrogen and oxygen atoms in total. The molecule has 2 aliphatic rings. The van der Waals surface area contributed by atoms with Crippen LogP contribution in [0.3, 0.4) is 0 Å². The fourth-order valence-electron chi connectivity index (χ4n) is 7.02. The van der Waals surface area contributed by atoms with Crippen LogP contribution >= 0.6 is 11.8 Å². The van der Waals surface area contributed by atoms with Gasteiger partial charge in [-0.15, -0.1) is 11.8 Å². The Morgan fingerprint density at radius 2 is 1.20 bits per heavy atom. The number of benzene rings is 2. The molecule has 55 heavy (non-hydrogen) atoms. The molecule has 4 aromatic rings. The number of nitrogens with zero attached hydrogens (tertiary/aromatic N) is 2. The lowest BCUT2D eigenvalue weighted by Gasteiger charge is -2.28. The van der Waals surface area contributed by atoms with Crippen molar-refractivity contribution >= 4 is 34.5 Å². The van der Waals surface area contributed by atoms with Gasteiger partial charge >= 0.3 is 11.9 Å². The van der Waals surface area contributed by atoms with E-state index >= 15 is 0 Å². The number of thioether (sulfide) groups is 1. The predicted molar refractivity (Wildman–Crippen MR) is 214 cm³/mol. The third kappa shape index (κ3) is 13.7. The lowest BCUT2D eigenvalue weighted by atomic mass is 9.88. The van der Waals surface area contributed by atoms with Gasteiger partial charge in [-0.05, 0) is 108 Å². The zero-order valence-electron chi connectivity index (χ0n) is 32.3. The van der Waals surface area contributed by atoms with Gasteiger partial charge in [-0.25, -0.2) is 9.97 Å². The molecule has 0 amide bonds. The van der Waals surface area contributed by atoms with Crippen molar-refractivity contribution in [3.05, 3.63) is 82.6 Å². The summed E-state index contributed by atoms with van der Waals surface area (Å²) in [4.78, 5) is 30.6. The summed E-state index contributed by atoms with van der Waals surface area (Å²) in [5.74, 6) is 3.07. The molecule has 0 bridgehead atoms. The van der Waals surface area contributed by atoms with Gasteiger partial charge < -0.3 is 28.5 Å². The average molecular weight is 795 g/mol. The van der Waals surface area contributed by atoms with Crippen molar-refractivity contribution in [2.45, 2.75) is 104 Å². The Bertz CT molecular complexity index is 1860. The standard InChI is InChI=1S/C21H27NO5S.C21H27NO4S/c1-14-6-8-17(9-7-14)21-22-19(15(2)27-21)11-26-18-5-3-4-16(10-18)12-28(25)13-20(23)24;1-14-6-8-17(9-7-14)21-22-19(15(2)26-21)11-25-18-5-3-4-16(10-18)12-27-13-20(23)24/h6-9,16,18H,3-5,10-13H2,1-2H3,(H,23,24);6-9,16,18H,3-5,10-13H2,1-2H3,(H,23,24). The predicted octanol–water partition coefficient (Wildman–Crippen LogP) is 8.72. The summed E-state index contributed by atoms with van der Waals surface area (Å²) < 4.78 is 35.7. The number of rotatable bonds is 16. The van der Waals surface area contributed by atoms with Gasteiger partial charge in [0, 0.05) is 27.7 Å². The van der Waals surface area contributed by atoms with Gasteiger partial charge in [0.2, 0.25) is 11.8 Å². The molecule has 2 saturated carbocycles. The lowest BCUT2D eigenvalue weighted by molar-refractivity contribution is -0.135. The number of ether oxygens (including phenoxy) is 2. The summed E-state index contributed by atoms with van der Waals surface area (Å²) in [5.41, 5.74) is 5.97. The van der Waals surface area contributed by atoms with Crippen molar-refractivity contribution in [1.29, 1.82) is 0 Å². The first kappa shape index (κ1) is 42.4. The number of aliphatic carboxylic acids is 2. The second kappa shape index (κ2) is 20.9. The molecular formula is C42H54N2O9S2. The van der Waals surface area contributed by atoms with Crippen molar-refractivity contribution in [2.75, 3.05) is 23.0 Å². The minimum Gasteiger partial charge on any atom is -0.481 e. The van der Waals surface area contributed by atoms with E-state index in [1.165, 1.54) is 22.9 Å². The molecular weight excluding hydrogens is 741 g/mol. The van der Waals surface area contributed by atoms with Crippen molar-refractivity contribution in [3.8, 4) is 22.9 Å². The van der Waals surface area contributed by atoms with Crippen LogP contribution in [0.25, 0.3) is 22.9 Å². The number of aromatic nitrogens is 2. The van der Waals surface area contributed by atoms with Crippen LogP contribution < -0.4 is 0 Å². The molecule has 2 fully saturated rings. The first-order valence-corrected chi connectivity index (χ1v) is 21.7. The maximum absolute atomic E-state index is 11.9. The van der Waals surface area contributed by atoms with Crippen LogP contribution in [-0.2, 0) is 43.1 Å². The molecule has 2 heterocycles. The number of hydrogen-bond acceptors (Lipinski definition) is 10. The average Bonchev–Trinajstić information content (AvgIpc) is 3.71. The molecule has 2 aromatic heterocycles. The molecule has 5 atom stereocenters. The second-order valence-corrected chi connectivity index (χ2v) is 17.3. The normalized spacial score (nSPS) is 20.4. The highest BCUT2D eigenvalue weighted by Gasteiger charge is 2.26. The molecule has 13 heteroatoms. The van der Waals surface area contributed by atoms with Crippen LogP contribution in [0.15, 0.2) is 57.4 Å². The van der Waals surface area contributed by atoms with Crippen LogP contribution in [0.5, 0.6) is 0 Å². The molecule has 0 radical (unpaired) electrons. The van der Waals surface area contributed by atoms with E-state index in [9.17, 15) is 13.8 Å². The number of carboxylic acid groups (broad SMARTS) is 2. The van der Waals surface area contributed by atoms with Crippen LogP contribution in [0.2, 0.25) is 0 Å². The summed E-state index contributed by atoms with van der Waals surface area (Å²) in [6.45, 7) is 8.76. The van der Waals surface area contributed by atoms with Crippen LogP contribution in [0.1, 0.15) is 85.4 Å². The largest absolute Gasteiger partial charge is 0.481 e. The van der Waals surface area contributed by atoms with Crippen LogP contribution in [0.4, 0.5) is 0 Å². The Morgan fingerprint density at radius 1 is 0.727 bits per heavy atom. The van der Waals surface area contributed by atoms with Gasteiger partial charge in [-0.1, -0.05) is 48.2 Å². The second-order valence-electron chi connectivity index (χ2n) is 14.8. The van der Waals surface area contributed by atoms with Gasteiger partial charge in [0.1, 0.15) is 28.7 Å². The number of carboxylic acids is 2. The van der Waals surface area contributed by atoms with Crippen molar-refractivity contribution in [2.24, 2.45) is 11.8 Å². The maximum Gasteiger partial charge on any atom is 0.316 e. The van der Waals surface area contributed by atoms with Gasteiger partial charge in [0.15, 0.2) is 0 Å². The summed E-state index contributed by atoms with van der Waals surface area (Å²) >= 11 is 1.51. The van der Waals surface area contributed by atoms with E-state index in [2.05, 4.69) is 29.0 Å². The van der Waals surface area contributed by atoms with E-state index in [4.69, 9.17) is 28.5 Å². The van der Waals surface area contributed by atoms with Crippen LogP contribution in [-0.4, -0.2) is 71.5 Å². The monoisotopic (exact) mass is 794 g/mol. The van der Waals surface area contributed by atoms with Crippen molar-refractivity contribution in [1.82, 2.24) is 9.97 Å². The quantitative estimate of drug-likeness (QED) is 0.111. The van der Waals surface area contributed by atoms with Gasteiger partial charge in [0.25, 0.3) is 0 Å². The Hall–Kier alpha value is -3.78. The zero-order chi connectivity index (χ0) is 39.3. The number of carbonyl (C=O) groups is 2. The number of aryl methyl sites for hydroxylation is 4. The third-order valence-corrected chi connectivity index (χ3v) is 12.6. The fourth-order valence-corrected chi connectivity index (χ4v) is 9.17. The van der Waals surface area contributed by atoms with E-state index < -0.39 is 22.7 Å².